The van der Waals surface area contributed by atoms with Gasteiger partial charge in [-0.05, 0) is 30.2 Å². The fourth-order valence-electron chi connectivity index (χ4n) is 4.42. The van der Waals surface area contributed by atoms with Crippen LogP contribution in [0.1, 0.15) is 50.5 Å². The average molecular weight is 329 g/mol. The van der Waals surface area contributed by atoms with Gasteiger partial charge in [0.05, 0.1) is 5.92 Å². The number of aliphatic carboxylic acids is 1. The number of hydrogen-bond acceptors (Lipinski definition) is 2. The van der Waals surface area contributed by atoms with E-state index in [4.69, 9.17) is 0 Å². The van der Waals surface area contributed by atoms with Crippen LogP contribution in [0.4, 0.5) is 0 Å². The van der Waals surface area contributed by atoms with Crippen LogP contribution < -0.4 is 0 Å². The lowest BCUT2D eigenvalue weighted by molar-refractivity contribution is -0.141. The van der Waals surface area contributed by atoms with E-state index in [1.165, 1.54) is 12.8 Å². The monoisotopic (exact) mass is 329 g/mol. The molecule has 1 aromatic carbocycles. The van der Waals surface area contributed by atoms with Gasteiger partial charge < -0.3 is 10.0 Å². The molecule has 1 aliphatic heterocycles. The number of carboxylic acid groups (broad SMARTS) is 1. The first-order valence-electron chi connectivity index (χ1n) is 9.10. The number of rotatable bonds is 4. The topological polar surface area (TPSA) is 57.6 Å². The van der Waals surface area contributed by atoms with Crippen molar-refractivity contribution in [2.24, 2.45) is 17.8 Å². The Morgan fingerprint density at radius 2 is 1.92 bits per heavy atom. The number of carbonyl (C=O) groups is 2. The molecule has 1 aliphatic carbocycles. The summed E-state index contributed by atoms with van der Waals surface area (Å²) in [5, 5.41) is 9.56. The van der Waals surface area contributed by atoms with Gasteiger partial charge in [-0.3, -0.25) is 9.59 Å². The van der Waals surface area contributed by atoms with Gasteiger partial charge in [0.2, 0.25) is 5.91 Å². The molecule has 1 saturated carbocycles. The molecule has 1 amide bonds. The van der Waals surface area contributed by atoms with Gasteiger partial charge >= 0.3 is 5.97 Å². The zero-order valence-corrected chi connectivity index (χ0v) is 14.4. The Morgan fingerprint density at radius 3 is 2.58 bits per heavy atom. The summed E-state index contributed by atoms with van der Waals surface area (Å²) in [4.78, 5) is 26.1. The van der Waals surface area contributed by atoms with Crippen LogP contribution in [0.15, 0.2) is 30.3 Å². The second kappa shape index (κ2) is 7.37. The normalized spacial score (nSPS) is 30.3. The minimum absolute atomic E-state index is 0.0991. The highest BCUT2D eigenvalue weighted by Gasteiger charge is 2.40. The lowest BCUT2D eigenvalue weighted by Crippen LogP contribution is -2.32. The highest BCUT2D eigenvalue weighted by Crippen LogP contribution is 2.35. The summed E-state index contributed by atoms with van der Waals surface area (Å²) in [5.41, 5.74) is 1.02. The summed E-state index contributed by atoms with van der Waals surface area (Å²) in [6.07, 6.45) is 5.33. The van der Waals surface area contributed by atoms with Crippen molar-refractivity contribution in [2.75, 3.05) is 13.1 Å². The van der Waals surface area contributed by atoms with Gasteiger partial charge in [0.25, 0.3) is 0 Å². The van der Waals surface area contributed by atoms with Crippen LogP contribution in [0.5, 0.6) is 0 Å². The second-order valence-electron chi connectivity index (χ2n) is 7.60. The number of benzene rings is 1. The van der Waals surface area contributed by atoms with Crippen molar-refractivity contribution >= 4 is 11.9 Å². The number of carbonyl (C=O) groups excluding carboxylic acids is 1. The molecule has 2 aliphatic rings. The van der Waals surface area contributed by atoms with Crippen LogP contribution in [-0.4, -0.2) is 35.0 Å². The summed E-state index contributed by atoms with van der Waals surface area (Å²) in [7, 11) is 0. The molecule has 3 rings (SSSR count). The van der Waals surface area contributed by atoms with Gasteiger partial charge in [-0.1, -0.05) is 50.1 Å². The molecule has 1 heterocycles. The van der Waals surface area contributed by atoms with Crippen molar-refractivity contribution in [2.45, 2.75) is 44.9 Å². The molecule has 2 fully saturated rings. The van der Waals surface area contributed by atoms with Crippen molar-refractivity contribution in [1.82, 2.24) is 4.90 Å². The third kappa shape index (κ3) is 3.80. The third-order valence-corrected chi connectivity index (χ3v) is 5.73. The molecule has 0 aromatic heterocycles. The number of amides is 1. The summed E-state index contributed by atoms with van der Waals surface area (Å²) < 4.78 is 0. The summed E-state index contributed by atoms with van der Waals surface area (Å²) in [6, 6.07) is 9.74. The van der Waals surface area contributed by atoms with Crippen molar-refractivity contribution in [1.29, 1.82) is 0 Å². The standard InChI is InChI=1S/C20H27NO3/c1-14-6-5-7-15(10-14)11-19(22)21-12-17(18(13-21)20(23)24)16-8-3-2-4-9-16/h2-4,8-9,14-15,17-18H,5-7,10-13H2,1H3,(H,23,24)/t14?,15?,17-,18-/m0/s1. The Kier molecular flexibility index (Phi) is 5.22. The van der Waals surface area contributed by atoms with Gasteiger partial charge in [0.15, 0.2) is 0 Å². The molecular weight excluding hydrogens is 302 g/mol. The molecule has 2 unspecified atom stereocenters. The number of likely N-dealkylation sites (tertiary alicyclic amines) is 1. The van der Waals surface area contributed by atoms with Gasteiger partial charge in [-0.25, -0.2) is 0 Å². The Bertz CT molecular complexity index is 586. The van der Waals surface area contributed by atoms with Gasteiger partial charge in [0, 0.05) is 25.4 Å². The van der Waals surface area contributed by atoms with Crippen LogP contribution in [0.25, 0.3) is 0 Å². The molecule has 4 heteroatoms. The number of nitrogens with zero attached hydrogens (tertiary/aromatic N) is 1. The summed E-state index contributed by atoms with van der Waals surface area (Å²) in [6.45, 7) is 3.14. The Morgan fingerprint density at radius 1 is 1.17 bits per heavy atom. The van der Waals surface area contributed by atoms with Gasteiger partial charge in [-0.15, -0.1) is 0 Å². The van der Waals surface area contributed by atoms with E-state index < -0.39 is 11.9 Å². The largest absolute Gasteiger partial charge is 0.481 e. The van der Waals surface area contributed by atoms with Crippen LogP contribution in [0.2, 0.25) is 0 Å². The quantitative estimate of drug-likeness (QED) is 0.919. The molecule has 0 spiro atoms. The van der Waals surface area contributed by atoms with E-state index in [2.05, 4.69) is 6.92 Å². The van der Waals surface area contributed by atoms with Gasteiger partial charge in [0.1, 0.15) is 0 Å². The van der Waals surface area contributed by atoms with Crippen LogP contribution >= 0.6 is 0 Å². The van der Waals surface area contributed by atoms with Crippen LogP contribution in [0.3, 0.4) is 0 Å². The average Bonchev–Trinajstić information content (AvgIpc) is 3.01. The molecule has 1 N–H and O–H groups in total. The highest BCUT2D eigenvalue weighted by atomic mass is 16.4. The zero-order chi connectivity index (χ0) is 17.1. The predicted octanol–water partition coefficient (Wildman–Crippen LogP) is 3.53. The second-order valence-corrected chi connectivity index (χ2v) is 7.60. The van der Waals surface area contributed by atoms with Crippen molar-refractivity contribution in [3.8, 4) is 0 Å². The molecule has 130 valence electrons. The number of carboxylic acids is 1. The van der Waals surface area contributed by atoms with E-state index in [0.29, 0.717) is 31.3 Å². The van der Waals surface area contributed by atoms with Crippen molar-refractivity contribution < 1.29 is 14.7 Å². The van der Waals surface area contributed by atoms with Crippen molar-refractivity contribution in [3.63, 3.8) is 0 Å². The lowest BCUT2D eigenvalue weighted by Gasteiger charge is -2.28. The minimum Gasteiger partial charge on any atom is -0.481 e. The third-order valence-electron chi connectivity index (χ3n) is 5.73. The summed E-state index contributed by atoms with van der Waals surface area (Å²) in [5.74, 6) is -0.0805. The smallest absolute Gasteiger partial charge is 0.308 e. The Labute approximate surface area is 143 Å². The van der Waals surface area contributed by atoms with Gasteiger partial charge in [-0.2, -0.15) is 0 Å². The maximum atomic E-state index is 12.7. The molecule has 1 saturated heterocycles. The lowest BCUT2D eigenvalue weighted by atomic mass is 9.80. The van der Waals surface area contributed by atoms with E-state index in [1.54, 1.807) is 4.90 Å². The first-order valence-corrected chi connectivity index (χ1v) is 9.10. The maximum absolute atomic E-state index is 12.7. The Hall–Kier alpha value is -1.84. The molecule has 0 bridgehead atoms. The minimum atomic E-state index is -0.801. The first kappa shape index (κ1) is 17.0. The SMILES string of the molecule is CC1CCCC(CC(=O)N2C[C@H](C(=O)O)[C@H](c3ccccc3)C2)C1. The fourth-order valence-corrected chi connectivity index (χ4v) is 4.42. The molecular formula is C20H27NO3. The van der Waals surface area contributed by atoms with E-state index in [9.17, 15) is 14.7 Å². The van der Waals surface area contributed by atoms with E-state index in [-0.39, 0.29) is 11.8 Å². The van der Waals surface area contributed by atoms with E-state index in [1.807, 2.05) is 30.3 Å². The maximum Gasteiger partial charge on any atom is 0.308 e. The van der Waals surface area contributed by atoms with Crippen LogP contribution in [-0.2, 0) is 9.59 Å². The number of hydrogen-bond donors (Lipinski definition) is 1. The molecule has 4 nitrogen and oxygen atoms in total. The summed E-state index contributed by atoms with van der Waals surface area (Å²) >= 11 is 0. The fraction of sp³-hybridized carbons (Fsp3) is 0.600. The van der Waals surface area contributed by atoms with E-state index >= 15 is 0 Å². The predicted molar refractivity (Wildman–Crippen MR) is 92.6 cm³/mol. The highest BCUT2D eigenvalue weighted by molar-refractivity contribution is 5.79. The van der Waals surface area contributed by atoms with Crippen LogP contribution in [0, 0.1) is 17.8 Å². The Balaban J connectivity index is 1.66. The first-order chi connectivity index (χ1) is 11.5. The zero-order valence-electron chi connectivity index (χ0n) is 14.4. The molecule has 4 atom stereocenters. The molecule has 1 aromatic rings. The van der Waals surface area contributed by atoms with E-state index in [0.717, 1.165) is 18.4 Å². The van der Waals surface area contributed by atoms with Crippen molar-refractivity contribution in [3.05, 3.63) is 35.9 Å². The molecule has 24 heavy (non-hydrogen) atoms. The molecule has 0 radical (unpaired) electrons.